The summed E-state index contributed by atoms with van der Waals surface area (Å²) in [5.41, 5.74) is 0.873. The summed E-state index contributed by atoms with van der Waals surface area (Å²) in [6.45, 7) is 2.00. The highest BCUT2D eigenvalue weighted by Gasteiger charge is 2.07. The van der Waals surface area contributed by atoms with E-state index in [0.29, 0.717) is 23.0 Å². The van der Waals surface area contributed by atoms with Gasteiger partial charge >= 0.3 is 0 Å². The highest BCUT2D eigenvalue weighted by molar-refractivity contribution is 7.99. The van der Waals surface area contributed by atoms with Crippen LogP contribution in [0.5, 0.6) is 0 Å². The molecule has 2 rings (SSSR count). The number of nitrogens with one attached hydrogen (secondary N) is 2. The summed E-state index contributed by atoms with van der Waals surface area (Å²) in [6, 6.07) is 7.13. The molecule has 0 aliphatic heterocycles. The largest absolute Gasteiger partial charge is 0.325 e. The highest BCUT2D eigenvalue weighted by Crippen LogP contribution is 2.14. The van der Waals surface area contributed by atoms with E-state index in [0.717, 1.165) is 18.2 Å². The second-order valence-electron chi connectivity index (χ2n) is 4.64. The molecule has 22 heavy (non-hydrogen) atoms. The van der Waals surface area contributed by atoms with E-state index >= 15 is 0 Å². The Kier molecular flexibility index (Phi) is 5.71. The van der Waals surface area contributed by atoms with Crippen molar-refractivity contribution in [3.8, 4) is 0 Å². The standard InChI is InChI=1S/C15H16FN3O2S/c1-2-4-11-8-13(20)19-15(18-11)22-9-14(21)17-12-6-3-5-10(16)7-12/h3,5-8H,2,4,9H2,1H3,(H,17,21)(H,18,19,20). The maximum absolute atomic E-state index is 13.0. The van der Waals surface area contributed by atoms with Crippen molar-refractivity contribution in [3.05, 3.63) is 52.2 Å². The topological polar surface area (TPSA) is 74.8 Å². The summed E-state index contributed by atoms with van der Waals surface area (Å²) in [7, 11) is 0. The van der Waals surface area contributed by atoms with Crippen LogP contribution >= 0.6 is 11.8 Å². The molecular weight excluding hydrogens is 305 g/mol. The van der Waals surface area contributed by atoms with Gasteiger partial charge in [-0.25, -0.2) is 9.37 Å². The third-order valence-electron chi connectivity index (χ3n) is 2.73. The summed E-state index contributed by atoms with van der Waals surface area (Å²) < 4.78 is 13.0. The Morgan fingerprint density at radius 2 is 2.23 bits per heavy atom. The van der Waals surface area contributed by atoms with Gasteiger partial charge in [-0.15, -0.1) is 0 Å². The predicted molar refractivity (Wildman–Crippen MR) is 84.6 cm³/mol. The number of hydrogen-bond acceptors (Lipinski definition) is 4. The third-order valence-corrected chi connectivity index (χ3v) is 3.60. The Morgan fingerprint density at radius 1 is 1.41 bits per heavy atom. The van der Waals surface area contributed by atoms with E-state index in [4.69, 9.17) is 0 Å². The molecule has 116 valence electrons. The average molecular weight is 321 g/mol. The maximum Gasteiger partial charge on any atom is 0.251 e. The molecule has 7 heteroatoms. The Labute approximate surface area is 131 Å². The fourth-order valence-corrected chi connectivity index (χ4v) is 2.53. The van der Waals surface area contributed by atoms with Crippen LogP contribution in [0.2, 0.25) is 0 Å². The number of amides is 1. The van der Waals surface area contributed by atoms with Gasteiger partial charge in [0, 0.05) is 17.4 Å². The quantitative estimate of drug-likeness (QED) is 0.633. The lowest BCUT2D eigenvalue weighted by Crippen LogP contribution is -2.16. The molecular formula is C15H16FN3O2S. The molecule has 0 aliphatic carbocycles. The summed E-state index contributed by atoms with van der Waals surface area (Å²) in [5.74, 6) is -0.627. The number of aryl methyl sites for hydroxylation is 1. The Hall–Kier alpha value is -2.15. The molecule has 0 saturated carbocycles. The first-order chi connectivity index (χ1) is 10.6. The first-order valence-electron chi connectivity index (χ1n) is 6.85. The first-order valence-corrected chi connectivity index (χ1v) is 7.84. The van der Waals surface area contributed by atoms with Gasteiger partial charge in [-0.05, 0) is 24.6 Å². The third kappa shape index (κ3) is 5.00. The molecule has 0 saturated heterocycles. The molecule has 5 nitrogen and oxygen atoms in total. The molecule has 1 aromatic heterocycles. The van der Waals surface area contributed by atoms with Gasteiger partial charge in [0.1, 0.15) is 5.82 Å². The summed E-state index contributed by atoms with van der Waals surface area (Å²) >= 11 is 1.13. The minimum atomic E-state index is -0.413. The normalized spacial score (nSPS) is 10.5. The van der Waals surface area contributed by atoms with Crippen molar-refractivity contribution >= 4 is 23.4 Å². The molecule has 0 unspecified atom stereocenters. The molecule has 0 spiro atoms. The molecule has 2 aromatic rings. The lowest BCUT2D eigenvalue weighted by atomic mass is 10.2. The highest BCUT2D eigenvalue weighted by atomic mass is 32.2. The predicted octanol–water partition coefficient (Wildman–Crippen LogP) is 2.59. The number of benzene rings is 1. The number of H-pyrrole nitrogens is 1. The smallest absolute Gasteiger partial charge is 0.251 e. The van der Waals surface area contributed by atoms with E-state index in [9.17, 15) is 14.0 Å². The van der Waals surface area contributed by atoms with E-state index in [2.05, 4.69) is 15.3 Å². The van der Waals surface area contributed by atoms with E-state index in [1.807, 2.05) is 6.92 Å². The number of hydrogen-bond donors (Lipinski definition) is 2. The van der Waals surface area contributed by atoms with E-state index in [1.165, 1.54) is 24.3 Å². The van der Waals surface area contributed by atoms with Crippen LogP contribution in [0.25, 0.3) is 0 Å². The summed E-state index contributed by atoms with van der Waals surface area (Å²) in [5, 5.41) is 3.00. The van der Waals surface area contributed by atoms with Crippen LogP contribution in [0.15, 0.2) is 40.3 Å². The van der Waals surface area contributed by atoms with Gasteiger partial charge in [-0.2, -0.15) is 0 Å². The van der Waals surface area contributed by atoms with E-state index < -0.39 is 5.82 Å². The van der Waals surface area contributed by atoms with Crippen LogP contribution in [0, 0.1) is 5.82 Å². The van der Waals surface area contributed by atoms with Gasteiger partial charge in [0.2, 0.25) is 5.91 Å². The van der Waals surface area contributed by atoms with Crippen molar-refractivity contribution in [1.29, 1.82) is 0 Å². The van der Waals surface area contributed by atoms with Crippen LogP contribution < -0.4 is 10.9 Å². The number of anilines is 1. The van der Waals surface area contributed by atoms with Gasteiger partial charge in [0.15, 0.2) is 5.16 Å². The van der Waals surface area contributed by atoms with Gasteiger partial charge in [-0.1, -0.05) is 31.2 Å². The number of rotatable bonds is 6. The molecule has 0 radical (unpaired) electrons. The maximum atomic E-state index is 13.0. The van der Waals surface area contributed by atoms with Gasteiger partial charge in [0.05, 0.1) is 5.75 Å². The fourth-order valence-electron chi connectivity index (χ4n) is 1.83. The zero-order valence-electron chi connectivity index (χ0n) is 12.1. The van der Waals surface area contributed by atoms with Crippen LogP contribution in [0.4, 0.5) is 10.1 Å². The van der Waals surface area contributed by atoms with Crippen LogP contribution in [-0.2, 0) is 11.2 Å². The minimum absolute atomic E-state index is 0.0784. The number of halogens is 1. The number of carbonyl (C=O) groups is 1. The number of thioether (sulfide) groups is 1. The molecule has 0 atom stereocenters. The van der Waals surface area contributed by atoms with Crippen LogP contribution in [0.3, 0.4) is 0 Å². The lowest BCUT2D eigenvalue weighted by molar-refractivity contribution is -0.113. The van der Waals surface area contributed by atoms with E-state index in [-0.39, 0.29) is 17.2 Å². The average Bonchev–Trinajstić information content (AvgIpc) is 2.45. The van der Waals surface area contributed by atoms with Crippen LogP contribution in [-0.4, -0.2) is 21.6 Å². The molecule has 1 aromatic carbocycles. The van der Waals surface area contributed by atoms with Gasteiger partial charge in [-0.3, -0.25) is 9.59 Å². The van der Waals surface area contributed by atoms with Gasteiger partial charge in [0.25, 0.3) is 5.56 Å². The second kappa shape index (κ2) is 7.74. The summed E-state index contributed by atoms with van der Waals surface area (Å²) in [4.78, 5) is 30.2. The molecule has 1 heterocycles. The minimum Gasteiger partial charge on any atom is -0.325 e. The fraction of sp³-hybridized carbons (Fsp3) is 0.267. The molecule has 0 fully saturated rings. The number of aromatic amines is 1. The van der Waals surface area contributed by atoms with Crippen molar-refractivity contribution in [1.82, 2.24) is 9.97 Å². The first kappa shape index (κ1) is 16.2. The van der Waals surface area contributed by atoms with Crippen molar-refractivity contribution in [2.75, 3.05) is 11.1 Å². The Bertz CT molecular complexity index is 718. The van der Waals surface area contributed by atoms with Crippen molar-refractivity contribution < 1.29 is 9.18 Å². The van der Waals surface area contributed by atoms with Crippen molar-refractivity contribution in [2.24, 2.45) is 0 Å². The van der Waals surface area contributed by atoms with E-state index in [1.54, 1.807) is 6.07 Å². The number of carbonyl (C=O) groups excluding carboxylic acids is 1. The number of aromatic nitrogens is 2. The van der Waals surface area contributed by atoms with Crippen molar-refractivity contribution in [3.63, 3.8) is 0 Å². The molecule has 2 N–H and O–H groups in total. The zero-order chi connectivity index (χ0) is 15.9. The Morgan fingerprint density at radius 3 is 2.95 bits per heavy atom. The van der Waals surface area contributed by atoms with Gasteiger partial charge < -0.3 is 10.3 Å². The Balaban J connectivity index is 1.95. The number of nitrogens with zero attached hydrogens (tertiary/aromatic N) is 1. The SMILES string of the molecule is CCCc1cc(=O)[nH]c(SCC(=O)Nc2cccc(F)c2)n1. The second-order valence-corrected chi connectivity index (χ2v) is 5.60. The monoisotopic (exact) mass is 321 g/mol. The molecule has 1 amide bonds. The molecule has 0 aliphatic rings. The molecule has 0 bridgehead atoms. The zero-order valence-corrected chi connectivity index (χ0v) is 12.9. The summed E-state index contributed by atoms with van der Waals surface area (Å²) in [6.07, 6.45) is 1.60. The lowest BCUT2D eigenvalue weighted by Gasteiger charge is -2.05. The van der Waals surface area contributed by atoms with Crippen LogP contribution in [0.1, 0.15) is 19.0 Å². The van der Waals surface area contributed by atoms with Crippen molar-refractivity contribution in [2.45, 2.75) is 24.9 Å².